The van der Waals surface area contributed by atoms with Gasteiger partial charge in [-0.15, -0.1) is 6.42 Å². The third-order valence-corrected chi connectivity index (χ3v) is 1.69. The first-order valence-electron chi connectivity index (χ1n) is 3.70. The van der Waals surface area contributed by atoms with E-state index in [9.17, 15) is 0 Å². The average Bonchev–Trinajstić information content (AvgIpc) is 2.04. The Morgan fingerprint density at radius 2 is 2.36 bits per heavy atom. The van der Waals surface area contributed by atoms with E-state index in [-0.39, 0.29) is 0 Å². The van der Waals surface area contributed by atoms with E-state index < -0.39 is 0 Å². The molecule has 1 heteroatoms. The highest BCUT2D eigenvalue weighted by molar-refractivity contribution is 5.37. The van der Waals surface area contributed by atoms with E-state index in [0.717, 1.165) is 23.2 Å². The van der Waals surface area contributed by atoms with Gasteiger partial charge in [-0.1, -0.05) is 12.8 Å². The summed E-state index contributed by atoms with van der Waals surface area (Å²) in [5.41, 5.74) is 3.13. The summed E-state index contributed by atoms with van der Waals surface area (Å²) < 4.78 is 0. The van der Waals surface area contributed by atoms with Gasteiger partial charge < -0.3 is 0 Å². The SMILES string of the molecule is C#Cc1cnc(CC)cc1C. The number of hydrogen-bond donors (Lipinski definition) is 0. The molecule has 1 aromatic rings. The van der Waals surface area contributed by atoms with E-state index >= 15 is 0 Å². The maximum atomic E-state index is 5.25. The Morgan fingerprint density at radius 3 is 2.82 bits per heavy atom. The van der Waals surface area contributed by atoms with Crippen molar-refractivity contribution in [1.82, 2.24) is 4.98 Å². The molecule has 11 heavy (non-hydrogen) atoms. The molecule has 1 heterocycles. The molecule has 1 rings (SSSR count). The van der Waals surface area contributed by atoms with Crippen LogP contribution in [0, 0.1) is 19.3 Å². The van der Waals surface area contributed by atoms with Crippen molar-refractivity contribution in [3.05, 3.63) is 29.1 Å². The minimum absolute atomic E-state index is 0.891. The second kappa shape index (κ2) is 3.21. The highest BCUT2D eigenvalue weighted by Gasteiger charge is 1.95. The van der Waals surface area contributed by atoms with Crippen molar-refractivity contribution in [2.75, 3.05) is 0 Å². The maximum Gasteiger partial charge on any atom is 0.0455 e. The minimum atomic E-state index is 0.891. The molecule has 0 aliphatic carbocycles. The fourth-order valence-corrected chi connectivity index (χ4v) is 0.959. The topological polar surface area (TPSA) is 12.9 Å². The van der Waals surface area contributed by atoms with Crippen molar-refractivity contribution >= 4 is 0 Å². The monoisotopic (exact) mass is 145 g/mol. The number of pyridine rings is 1. The molecule has 0 spiro atoms. The first kappa shape index (κ1) is 7.81. The molecule has 0 N–H and O–H groups in total. The van der Waals surface area contributed by atoms with Gasteiger partial charge in [-0.25, -0.2) is 0 Å². The quantitative estimate of drug-likeness (QED) is 0.550. The molecule has 0 fully saturated rings. The van der Waals surface area contributed by atoms with Crippen molar-refractivity contribution in [2.24, 2.45) is 0 Å². The number of terminal acetylenes is 1. The van der Waals surface area contributed by atoms with Crippen LogP contribution >= 0.6 is 0 Å². The van der Waals surface area contributed by atoms with Gasteiger partial charge in [-0.3, -0.25) is 4.98 Å². The van der Waals surface area contributed by atoms with Gasteiger partial charge in [-0.05, 0) is 25.0 Å². The van der Waals surface area contributed by atoms with E-state index in [1.54, 1.807) is 6.20 Å². The number of rotatable bonds is 1. The largest absolute Gasteiger partial charge is 0.260 e. The van der Waals surface area contributed by atoms with Gasteiger partial charge in [-0.2, -0.15) is 0 Å². The predicted octanol–water partition coefficient (Wildman–Crippen LogP) is 1.93. The summed E-state index contributed by atoms with van der Waals surface area (Å²) in [6.45, 7) is 4.09. The van der Waals surface area contributed by atoms with Crippen LogP contribution in [0.5, 0.6) is 0 Å². The van der Waals surface area contributed by atoms with Crippen LogP contribution in [0.4, 0.5) is 0 Å². The highest BCUT2D eigenvalue weighted by atomic mass is 14.7. The van der Waals surface area contributed by atoms with E-state index in [4.69, 9.17) is 6.42 Å². The molecule has 56 valence electrons. The Morgan fingerprint density at radius 1 is 1.64 bits per heavy atom. The lowest BCUT2D eigenvalue weighted by atomic mass is 10.1. The predicted molar refractivity (Wildman–Crippen MR) is 46.3 cm³/mol. The number of hydrogen-bond acceptors (Lipinski definition) is 1. The van der Waals surface area contributed by atoms with Crippen molar-refractivity contribution in [2.45, 2.75) is 20.3 Å². The first-order chi connectivity index (χ1) is 5.27. The molecule has 0 atom stereocenters. The Hall–Kier alpha value is -1.29. The summed E-state index contributed by atoms with van der Waals surface area (Å²) in [5.74, 6) is 2.58. The second-order valence-corrected chi connectivity index (χ2v) is 2.49. The highest BCUT2D eigenvalue weighted by Crippen LogP contribution is 2.06. The first-order valence-corrected chi connectivity index (χ1v) is 3.70. The van der Waals surface area contributed by atoms with Crippen LogP contribution in [-0.2, 0) is 6.42 Å². The molecule has 0 aliphatic heterocycles. The minimum Gasteiger partial charge on any atom is -0.260 e. The normalized spacial score (nSPS) is 9.18. The van der Waals surface area contributed by atoms with E-state index in [2.05, 4.69) is 17.8 Å². The molecule has 0 radical (unpaired) electrons. The third kappa shape index (κ3) is 1.59. The molecular formula is C10H11N. The second-order valence-electron chi connectivity index (χ2n) is 2.49. The maximum absolute atomic E-state index is 5.25. The van der Waals surface area contributed by atoms with Gasteiger partial charge in [0.1, 0.15) is 0 Å². The fraction of sp³-hybridized carbons (Fsp3) is 0.300. The summed E-state index contributed by atoms with van der Waals surface area (Å²) >= 11 is 0. The zero-order valence-electron chi connectivity index (χ0n) is 6.89. The molecule has 1 aromatic heterocycles. The smallest absolute Gasteiger partial charge is 0.0455 e. The van der Waals surface area contributed by atoms with Gasteiger partial charge in [0.25, 0.3) is 0 Å². The van der Waals surface area contributed by atoms with Gasteiger partial charge in [0.2, 0.25) is 0 Å². The van der Waals surface area contributed by atoms with Crippen LogP contribution < -0.4 is 0 Å². The lowest BCUT2D eigenvalue weighted by molar-refractivity contribution is 1.02. The third-order valence-electron chi connectivity index (χ3n) is 1.69. The molecule has 0 amide bonds. The van der Waals surface area contributed by atoms with Crippen LogP contribution in [0.15, 0.2) is 12.3 Å². The van der Waals surface area contributed by atoms with Gasteiger partial charge in [0.05, 0.1) is 0 Å². The van der Waals surface area contributed by atoms with Crippen molar-refractivity contribution < 1.29 is 0 Å². The molecule has 0 unspecified atom stereocenters. The molecule has 0 bridgehead atoms. The lowest BCUT2D eigenvalue weighted by Crippen LogP contribution is -1.90. The zero-order valence-corrected chi connectivity index (χ0v) is 6.89. The van der Waals surface area contributed by atoms with Crippen LogP contribution in [0.3, 0.4) is 0 Å². The molecule has 0 saturated carbocycles. The fourth-order valence-electron chi connectivity index (χ4n) is 0.959. The van der Waals surface area contributed by atoms with Crippen LogP contribution in [-0.4, -0.2) is 4.98 Å². The van der Waals surface area contributed by atoms with Gasteiger partial charge in [0.15, 0.2) is 0 Å². The number of aryl methyl sites for hydroxylation is 2. The number of nitrogens with zero attached hydrogens (tertiary/aromatic N) is 1. The summed E-state index contributed by atoms with van der Waals surface area (Å²) in [5, 5.41) is 0. The lowest BCUT2D eigenvalue weighted by Gasteiger charge is -1.99. The Balaban J connectivity index is 3.12. The summed E-state index contributed by atoms with van der Waals surface area (Å²) in [6.07, 6.45) is 7.97. The summed E-state index contributed by atoms with van der Waals surface area (Å²) in [4.78, 5) is 4.19. The Kier molecular flexibility index (Phi) is 2.28. The van der Waals surface area contributed by atoms with Crippen LogP contribution in [0.2, 0.25) is 0 Å². The summed E-state index contributed by atoms with van der Waals surface area (Å²) in [7, 11) is 0. The Labute approximate surface area is 67.5 Å². The van der Waals surface area contributed by atoms with E-state index in [1.165, 1.54) is 0 Å². The standard InChI is InChI=1S/C10H11N/c1-4-9-7-11-10(5-2)6-8(9)3/h1,6-7H,5H2,2-3H3. The molecule has 0 aliphatic rings. The summed E-state index contributed by atoms with van der Waals surface area (Å²) in [6, 6.07) is 2.04. The van der Waals surface area contributed by atoms with E-state index in [1.807, 2.05) is 13.0 Å². The number of aromatic nitrogens is 1. The van der Waals surface area contributed by atoms with Crippen molar-refractivity contribution in [1.29, 1.82) is 0 Å². The van der Waals surface area contributed by atoms with E-state index in [0.29, 0.717) is 0 Å². The van der Waals surface area contributed by atoms with Crippen LogP contribution in [0.1, 0.15) is 23.7 Å². The average molecular weight is 145 g/mol. The van der Waals surface area contributed by atoms with Gasteiger partial charge in [0, 0.05) is 17.5 Å². The molecule has 0 aromatic carbocycles. The zero-order chi connectivity index (χ0) is 8.27. The Bertz CT molecular complexity index is 294. The van der Waals surface area contributed by atoms with Crippen molar-refractivity contribution in [3.8, 4) is 12.3 Å². The molecule has 1 nitrogen and oxygen atoms in total. The molecular weight excluding hydrogens is 134 g/mol. The molecule has 0 saturated heterocycles. The van der Waals surface area contributed by atoms with Crippen molar-refractivity contribution in [3.63, 3.8) is 0 Å². The van der Waals surface area contributed by atoms with Crippen LogP contribution in [0.25, 0.3) is 0 Å². The van der Waals surface area contributed by atoms with Gasteiger partial charge >= 0.3 is 0 Å².